The van der Waals surface area contributed by atoms with E-state index in [9.17, 15) is 0 Å². The fourth-order valence-electron chi connectivity index (χ4n) is 2.54. The van der Waals surface area contributed by atoms with E-state index in [-0.39, 0.29) is 5.54 Å². The van der Waals surface area contributed by atoms with Crippen LogP contribution in [0.4, 0.5) is 0 Å². The van der Waals surface area contributed by atoms with Crippen molar-refractivity contribution in [3.63, 3.8) is 0 Å². The van der Waals surface area contributed by atoms with Crippen LogP contribution in [0.5, 0.6) is 0 Å². The Hall–Kier alpha value is -0.810. The van der Waals surface area contributed by atoms with Crippen molar-refractivity contribution < 1.29 is 5.21 Å². The second-order valence-electron chi connectivity index (χ2n) is 6.41. The molecule has 0 amide bonds. The Morgan fingerprint density at radius 2 is 1.84 bits per heavy atom. The molecule has 0 aromatic heterocycles. The van der Waals surface area contributed by atoms with Crippen molar-refractivity contribution in [2.24, 2.45) is 16.8 Å². The lowest BCUT2D eigenvalue weighted by molar-refractivity contribution is 0.0818. The monoisotopic (exact) mass is 270 g/mol. The summed E-state index contributed by atoms with van der Waals surface area (Å²) in [5.41, 5.74) is 5.41. The lowest BCUT2D eigenvalue weighted by atomic mass is 10.00. The van der Waals surface area contributed by atoms with Crippen LogP contribution in [0.15, 0.2) is 5.16 Å². The fraction of sp³-hybridized carbons (Fsp3) is 0.929. The van der Waals surface area contributed by atoms with E-state index in [4.69, 9.17) is 10.9 Å². The minimum absolute atomic E-state index is 0.292. The molecule has 0 aromatic carbocycles. The van der Waals surface area contributed by atoms with Crippen LogP contribution >= 0.6 is 0 Å². The zero-order valence-electron chi connectivity index (χ0n) is 12.9. The Labute approximate surface area is 117 Å². The second-order valence-corrected chi connectivity index (χ2v) is 6.41. The number of rotatable bonds is 6. The van der Waals surface area contributed by atoms with E-state index in [1.54, 1.807) is 0 Å². The molecule has 5 nitrogen and oxygen atoms in total. The summed E-state index contributed by atoms with van der Waals surface area (Å²) >= 11 is 0. The molecule has 0 bridgehead atoms. The van der Waals surface area contributed by atoms with Gasteiger partial charge in [-0.15, -0.1) is 0 Å². The Kier molecular flexibility index (Phi) is 6.07. The fourth-order valence-corrected chi connectivity index (χ4v) is 2.54. The average Bonchev–Trinajstić information content (AvgIpc) is 2.38. The topological polar surface area (TPSA) is 65.1 Å². The molecule has 1 aliphatic rings. The van der Waals surface area contributed by atoms with Crippen molar-refractivity contribution in [3.8, 4) is 0 Å². The Morgan fingerprint density at radius 3 is 2.32 bits per heavy atom. The molecule has 112 valence electrons. The molecule has 19 heavy (non-hydrogen) atoms. The van der Waals surface area contributed by atoms with E-state index in [1.807, 2.05) is 13.8 Å². The van der Waals surface area contributed by atoms with Crippen molar-refractivity contribution in [2.75, 3.05) is 32.7 Å². The molecule has 1 fully saturated rings. The number of hydrogen-bond donors (Lipinski definition) is 2. The highest BCUT2D eigenvalue weighted by atomic mass is 16.4. The highest BCUT2D eigenvalue weighted by Gasteiger charge is 2.33. The van der Waals surface area contributed by atoms with Gasteiger partial charge in [0.15, 0.2) is 5.84 Å². The van der Waals surface area contributed by atoms with E-state index in [1.165, 1.54) is 19.4 Å². The summed E-state index contributed by atoms with van der Waals surface area (Å²) in [5.74, 6) is 1.08. The SMILES string of the molecule is CC(C)CCCN1CCN(C(C)(C)C(N)=NO)CC1. The van der Waals surface area contributed by atoms with Gasteiger partial charge in [-0.1, -0.05) is 19.0 Å². The van der Waals surface area contributed by atoms with Gasteiger partial charge < -0.3 is 15.8 Å². The van der Waals surface area contributed by atoms with E-state index in [2.05, 4.69) is 28.8 Å². The molecule has 3 N–H and O–H groups in total. The van der Waals surface area contributed by atoms with E-state index in [0.717, 1.165) is 32.1 Å². The van der Waals surface area contributed by atoms with Crippen molar-refractivity contribution in [3.05, 3.63) is 0 Å². The molecule has 5 heteroatoms. The summed E-state index contributed by atoms with van der Waals surface area (Å²) in [6.45, 7) is 13.9. The first kappa shape index (κ1) is 16.2. The lowest BCUT2D eigenvalue weighted by Gasteiger charge is -2.43. The van der Waals surface area contributed by atoms with Crippen LogP contribution in [-0.2, 0) is 0 Å². The minimum atomic E-state index is -0.362. The number of nitrogens with zero attached hydrogens (tertiary/aromatic N) is 3. The Morgan fingerprint density at radius 1 is 1.26 bits per heavy atom. The van der Waals surface area contributed by atoms with Gasteiger partial charge in [0.1, 0.15) is 0 Å². The molecule has 0 atom stereocenters. The third-order valence-corrected chi connectivity index (χ3v) is 4.15. The van der Waals surface area contributed by atoms with Crippen molar-refractivity contribution >= 4 is 5.84 Å². The zero-order valence-corrected chi connectivity index (χ0v) is 12.9. The normalized spacial score (nSPS) is 20.2. The third-order valence-electron chi connectivity index (χ3n) is 4.15. The number of oxime groups is 1. The maximum atomic E-state index is 8.85. The predicted molar refractivity (Wildman–Crippen MR) is 79.6 cm³/mol. The maximum absolute atomic E-state index is 8.85. The molecule has 0 aliphatic carbocycles. The van der Waals surface area contributed by atoms with Gasteiger partial charge in [-0.05, 0) is 39.2 Å². The summed E-state index contributed by atoms with van der Waals surface area (Å²) < 4.78 is 0. The largest absolute Gasteiger partial charge is 0.409 e. The van der Waals surface area contributed by atoms with Gasteiger partial charge in [-0.3, -0.25) is 4.90 Å². The second kappa shape index (κ2) is 7.10. The van der Waals surface area contributed by atoms with Gasteiger partial charge in [0.25, 0.3) is 0 Å². The van der Waals surface area contributed by atoms with E-state index in [0.29, 0.717) is 5.84 Å². The average molecular weight is 270 g/mol. The Balaban J connectivity index is 2.36. The first-order valence-corrected chi connectivity index (χ1v) is 7.33. The molecular weight excluding hydrogens is 240 g/mol. The molecular formula is C14H30N4O. The van der Waals surface area contributed by atoms with Crippen LogP contribution in [0.2, 0.25) is 0 Å². The summed E-state index contributed by atoms with van der Waals surface area (Å²) in [4.78, 5) is 4.81. The van der Waals surface area contributed by atoms with Crippen molar-refractivity contribution in [1.29, 1.82) is 0 Å². The third kappa shape index (κ3) is 4.66. The highest BCUT2D eigenvalue weighted by molar-refractivity contribution is 5.88. The molecule has 1 aliphatic heterocycles. The highest BCUT2D eigenvalue weighted by Crippen LogP contribution is 2.17. The molecule has 0 aromatic rings. The molecule has 1 heterocycles. The van der Waals surface area contributed by atoms with Gasteiger partial charge >= 0.3 is 0 Å². The summed E-state index contributed by atoms with van der Waals surface area (Å²) in [6.07, 6.45) is 2.58. The molecule has 1 rings (SSSR count). The van der Waals surface area contributed by atoms with Gasteiger partial charge in [0.05, 0.1) is 5.54 Å². The van der Waals surface area contributed by atoms with Gasteiger partial charge in [-0.25, -0.2) is 0 Å². The summed E-state index contributed by atoms with van der Waals surface area (Å²) in [6, 6.07) is 0. The zero-order chi connectivity index (χ0) is 14.5. The smallest absolute Gasteiger partial charge is 0.159 e. The summed E-state index contributed by atoms with van der Waals surface area (Å²) in [7, 11) is 0. The maximum Gasteiger partial charge on any atom is 0.159 e. The number of nitrogens with two attached hydrogens (primary N) is 1. The van der Waals surface area contributed by atoms with Gasteiger partial charge in [0.2, 0.25) is 0 Å². The van der Waals surface area contributed by atoms with Crippen LogP contribution in [0, 0.1) is 5.92 Å². The molecule has 0 spiro atoms. The van der Waals surface area contributed by atoms with Crippen molar-refractivity contribution in [1.82, 2.24) is 9.80 Å². The molecule has 0 unspecified atom stereocenters. The summed E-state index contributed by atoms with van der Waals surface area (Å²) in [5, 5.41) is 12.0. The molecule has 0 radical (unpaired) electrons. The molecule has 0 saturated carbocycles. The van der Waals surface area contributed by atoms with Crippen LogP contribution in [0.1, 0.15) is 40.5 Å². The van der Waals surface area contributed by atoms with E-state index >= 15 is 0 Å². The Bertz CT molecular complexity index is 294. The lowest BCUT2D eigenvalue weighted by Crippen LogP contribution is -2.59. The molecule has 1 saturated heterocycles. The predicted octanol–water partition coefficient (Wildman–Crippen LogP) is 1.57. The number of piperazine rings is 1. The van der Waals surface area contributed by atoms with Crippen molar-refractivity contribution in [2.45, 2.75) is 46.1 Å². The van der Waals surface area contributed by atoms with Crippen LogP contribution < -0.4 is 5.73 Å². The quantitative estimate of drug-likeness (QED) is 0.333. The van der Waals surface area contributed by atoms with Crippen LogP contribution in [0.3, 0.4) is 0 Å². The van der Waals surface area contributed by atoms with E-state index < -0.39 is 0 Å². The number of amidine groups is 1. The first-order chi connectivity index (χ1) is 8.87. The van der Waals surface area contributed by atoms with Gasteiger partial charge in [0, 0.05) is 26.2 Å². The van der Waals surface area contributed by atoms with Crippen LogP contribution in [0.25, 0.3) is 0 Å². The van der Waals surface area contributed by atoms with Gasteiger partial charge in [-0.2, -0.15) is 0 Å². The first-order valence-electron chi connectivity index (χ1n) is 7.33. The number of hydrogen-bond acceptors (Lipinski definition) is 4. The standard InChI is InChI=1S/C14H30N4O/c1-12(2)6-5-7-17-8-10-18(11-9-17)14(3,4)13(15)16-19/h12,19H,5-11H2,1-4H3,(H2,15,16). The van der Waals surface area contributed by atoms with Crippen LogP contribution in [-0.4, -0.2) is 59.1 Å². The minimum Gasteiger partial charge on any atom is -0.409 e.